The predicted octanol–water partition coefficient (Wildman–Crippen LogP) is 4.07. The highest BCUT2D eigenvalue weighted by atomic mass is 16.7. The van der Waals surface area contributed by atoms with E-state index in [2.05, 4.69) is 48.5 Å². The third kappa shape index (κ3) is 2.95. The molecule has 2 heterocycles. The third-order valence-corrected chi connectivity index (χ3v) is 6.40. The Morgan fingerprint density at radius 3 is 2.05 bits per heavy atom. The Labute approximate surface area is 136 Å². The zero-order valence-electron chi connectivity index (χ0n) is 15.5. The summed E-state index contributed by atoms with van der Waals surface area (Å²) in [6.07, 6.45) is 2.59. The first-order valence-electron chi connectivity index (χ1n) is 8.82. The van der Waals surface area contributed by atoms with E-state index in [1.54, 1.807) is 5.06 Å². The second-order valence-electron chi connectivity index (χ2n) is 8.68. The molecule has 2 aliphatic heterocycles. The van der Waals surface area contributed by atoms with Gasteiger partial charge in [0.05, 0.1) is 13.2 Å². The van der Waals surface area contributed by atoms with Crippen molar-refractivity contribution < 1.29 is 14.7 Å². The van der Waals surface area contributed by atoms with Gasteiger partial charge in [0.15, 0.2) is 6.29 Å². The molecule has 22 heavy (non-hydrogen) atoms. The molecular weight excluding hydrogens is 278 g/mol. The Kier molecular flexibility index (Phi) is 5.00. The van der Waals surface area contributed by atoms with Gasteiger partial charge in [-0.15, -0.1) is 0 Å². The van der Waals surface area contributed by atoms with Crippen molar-refractivity contribution in [2.45, 2.75) is 85.1 Å². The van der Waals surface area contributed by atoms with Crippen LogP contribution in [0.1, 0.15) is 67.7 Å². The van der Waals surface area contributed by atoms with Crippen LogP contribution in [0.5, 0.6) is 0 Å². The molecule has 4 heteroatoms. The fourth-order valence-electron chi connectivity index (χ4n) is 4.09. The van der Waals surface area contributed by atoms with Gasteiger partial charge in [0, 0.05) is 22.4 Å². The van der Waals surface area contributed by atoms with Crippen LogP contribution in [0.25, 0.3) is 0 Å². The quantitative estimate of drug-likeness (QED) is 0.853. The van der Waals surface area contributed by atoms with E-state index in [0.717, 1.165) is 32.5 Å². The van der Waals surface area contributed by atoms with E-state index in [1.807, 2.05) is 0 Å². The number of piperidine rings is 1. The van der Waals surface area contributed by atoms with Crippen LogP contribution in [0.3, 0.4) is 0 Å². The summed E-state index contributed by atoms with van der Waals surface area (Å²) in [6.45, 7) is 16.7. The summed E-state index contributed by atoms with van der Waals surface area (Å²) in [4.78, 5) is 0. The summed E-state index contributed by atoms with van der Waals surface area (Å²) in [5.74, 6) is 0.628. The highest BCUT2D eigenvalue weighted by Gasteiger charge is 2.55. The van der Waals surface area contributed by atoms with Crippen molar-refractivity contribution in [1.29, 1.82) is 0 Å². The smallest absolute Gasteiger partial charge is 0.160 e. The fourth-order valence-corrected chi connectivity index (χ4v) is 4.09. The molecule has 2 fully saturated rings. The maximum atomic E-state index is 10.9. The zero-order chi connectivity index (χ0) is 16.8. The van der Waals surface area contributed by atoms with Crippen molar-refractivity contribution in [3.05, 3.63) is 0 Å². The molecule has 0 bridgehead atoms. The van der Waals surface area contributed by atoms with E-state index in [0.29, 0.717) is 11.8 Å². The summed E-state index contributed by atoms with van der Waals surface area (Å²) >= 11 is 0. The average Bonchev–Trinajstić information content (AvgIpc) is 2.49. The zero-order valence-corrected chi connectivity index (χ0v) is 15.5. The van der Waals surface area contributed by atoms with E-state index < -0.39 is 0 Å². The molecule has 1 N–H and O–H groups in total. The molecule has 0 aromatic rings. The normalized spacial score (nSPS) is 44.2. The molecule has 0 aliphatic carbocycles. The Hall–Kier alpha value is -0.160. The first-order chi connectivity index (χ1) is 10.1. The number of hydrogen-bond donors (Lipinski definition) is 1. The lowest BCUT2D eigenvalue weighted by atomic mass is 9.65. The summed E-state index contributed by atoms with van der Waals surface area (Å²) in [7, 11) is 0. The van der Waals surface area contributed by atoms with Gasteiger partial charge in [-0.25, -0.2) is 0 Å². The molecule has 0 aromatic heterocycles. The molecular formula is C18H35NO3. The topological polar surface area (TPSA) is 41.9 Å². The van der Waals surface area contributed by atoms with Gasteiger partial charge in [-0.1, -0.05) is 34.6 Å². The van der Waals surface area contributed by atoms with Gasteiger partial charge in [0.2, 0.25) is 0 Å². The second-order valence-corrected chi connectivity index (χ2v) is 8.68. The molecule has 0 amide bonds. The van der Waals surface area contributed by atoms with Crippen molar-refractivity contribution in [2.75, 3.05) is 13.2 Å². The number of hydroxylamine groups is 2. The molecule has 0 aromatic carbocycles. The van der Waals surface area contributed by atoms with Crippen LogP contribution in [0.15, 0.2) is 0 Å². The van der Waals surface area contributed by atoms with Gasteiger partial charge in [0.25, 0.3) is 0 Å². The predicted molar refractivity (Wildman–Crippen MR) is 87.8 cm³/mol. The van der Waals surface area contributed by atoms with Crippen molar-refractivity contribution in [2.24, 2.45) is 17.3 Å². The van der Waals surface area contributed by atoms with Crippen LogP contribution in [-0.4, -0.2) is 40.9 Å². The molecule has 4 nitrogen and oxygen atoms in total. The van der Waals surface area contributed by atoms with E-state index in [-0.39, 0.29) is 22.8 Å². The summed E-state index contributed by atoms with van der Waals surface area (Å²) in [6, 6.07) is 0. The molecule has 2 rings (SSSR count). The number of nitrogens with zero attached hydrogens (tertiary/aromatic N) is 1. The Balaban J connectivity index is 2.24. The first kappa shape index (κ1) is 18.2. The van der Waals surface area contributed by atoms with Gasteiger partial charge in [-0.05, 0) is 39.0 Å². The van der Waals surface area contributed by atoms with Crippen LogP contribution in [0, 0.1) is 17.3 Å². The van der Waals surface area contributed by atoms with Crippen molar-refractivity contribution in [3.8, 4) is 0 Å². The molecule has 0 saturated carbocycles. The maximum Gasteiger partial charge on any atom is 0.160 e. The van der Waals surface area contributed by atoms with Crippen LogP contribution in [0.2, 0.25) is 0 Å². The lowest BCUT2D eigenvalue weighted by Gasteiger charge is -2.59. The molecule has 4 unspecified atom stereocenters. The van der Waals surface area contributed by atoms with E-state index in [1.165, 1.54) is 0 Å². The maximum absolute atomic E-state index is 10.9. The number of rotatable bonds is 3. The van der Waals surface area contributed by atoms with Crippen molar-refractivity contribution in [3.63, 3.8) is 0 Å². The van der Waals surface area contributed by atoms with E-state index >= 15 is 0 Å². The lowest BCUT2D eigenvalue weighted by molar-refractivity contribution is -0.318. The minimum Gasteiger partial charge on any atom is -0.352 e. The minimum atomic E-state index is -0.243. The number of hydrogen-bond acceptors (Lipinski definition) is 4. The van der Waals surface area contributed by atoms with E-state index in [9.17, 15) is 5.21 Å². The Bertz CT molecular complexity index is 390. The third-order valence-electron chi connectivity index (χ3n) is 6.40. The Morgan fingerprint density at radius 2 is 1.59 bits per heavy atom. The monoisotopic (exact) mass is 313 g/mol. The SMILES string of the molecule is CCC1(C)CC(C2OCC(C)(C)CO2)C(C)C(C)(CC)N1O. The summed E-state index contributed by atoms with van der Waals surface area (Å²) < 4.78 is 12.2. The fraction of sp³-hybridized carbons (Fsp3) is 1.00. The summed E-state index contributed by atoms with van der Waals surface area (Å²) in [5, 5.41) is 12.5. The van der Waals surface area contributed by atoms with Gasteiger partial charge in [-0.2, -0.15) is 5.06 Å². The van der Waals surface area contributed by atoms with Crippen molar-refractivity contribution >= 4 is 0 Å². The lowest BCUT2D eigenvalue weighted by Crippen LogP contribution is -2.67. The van der Waals surface area contributed by atoms with Gasteiger partial charge in [-0.3, -0.25) is 0 Å². The average molecular weight is 313 g/mol. The molecule has 0 radical (unpaired) electrons. The van der Waals surface area contributed by atoms with Gasteiger partial charge < -0.3 is 14.7 Å². The molecule has 2 saturated heterocycles. The van der Waals surface area contributed by atoms with Crippen LogP contribution in [-0.2, 0) is 9.47 Å². The van der Waals surface area contributed by atoms with Gasteiger partial charge >= 0.3 is 0 Å². The summed E-state index contributed by atoms with van der Waals surface area (Å²) in [5.41, 5.74) is -0.367. The van der Waals surface area contributed by atoms with Crippen LogP contribution < -0.4 is 0 Å². The minimum absolute atomic E-state index is 0.0968. The highest BCUT2D eigenvalue weighted by Crippen LogP contribution is 2.49. The van der Waals surface area contributed by atoms with Crippen molar-refractivity contribution in [1.82, 2.24) is 5.06 Å². The van der Waals surface area contributed by atoms with Crippen LogP contribution >= 0.6 is 0 Å². The molecule has 4 atom stereocenters. The second kappa shape index (κ2) is 6.04. The molecule has 130 valence electrons. The van der Waals surface area contributed by atoms with E-state index in [4.69, 9.17) is 9.47 Å². The largest absolute Gasteiger partial charge is 0.352 e. The standard InChI is InChI=1S/C18H35NO3/c1-8-17(6)10-14(13(3)18(7,9-2)19(17)20)15-21-11-16(4,5)12-22-15/h13-15,20H,8-12H2,1-7H3. The first-order valence-corrected chi connectivity index (χ1v) is 8.82. The highest BCUT2D eigenvalue weighted by molar-refractivity contribution is 5.04. The van der Waals surface area contributed by atoms with Crippen LogP contribution in [0.4, 0.5) is 0 Å². The van der Waals surface area contributed by atoms with Gasteiger partial charge in [0.1, 0.15) is 0 Å². The molecule has 2 aliphatic rings. The Morgan fingerprint density at radius 1 is 1.05 bits per heavy atom. The number of ether oxygens (including phenoxy) is 2. The molecule has 0 spiro atoms.